The number of carbonyl (C=O) groups excluding carboxylic acids is 1. The van der Waals surface area contributed by atoms with E-state index in [1.807, 2.05) is 6.20 Å². The third-order valence-electron chi connectivity index (χ3n) is 4.97. The normalized spacial score (nSPS) is 16.6. The summed E-state index contributed by atoms with van der Waals surface area (Å²) in [4.78, 5) is 22.9. The minimum atomic E-state index is -0.0505. The van der Waals surface area contributed by atoms with Crippen LogP contribution in [-0.4, -0.2) is 73.6 Å². The number of likely N-dealkylation sites (tertiary alicyclic amines) is 1. The molecule has 4 rings (SSSR count). The Kier molecular flexibility index (Phi) is 5.89. The van der Waals surface area contributed by atoms with Crippen molar-refractivity contribution in [3.05, 3.63) is 31.2 Å². The van der Waals surface area contributed by atoms with Crippen molar-refractivity contribution in [2.75, 3.05) is 37.4 Å². The van der Waals surface area contributed by atoms with Crippen LogP contribution in [0.4, 0.5) is 17.5 Å². The number of amides is 1. The van der Waals surface area contributed by atoms with Crippen molar-refractivity contribution in [1.29, 1.82) is 0 Å². The number of ether oxygens (including phenoxy) is 1. The lowest BCUT2D eigenvalue weighted by Crippen LogP contribution is -2.44. The molecule has 3 aromatic rings. The molecule has 0 radical (unpaired) electrons. The van der Waals surface area contributed by atoms with E-state index in [0.29, 0.717) is 37.1 Å². The largest absolute Gasteiger partial charge is 0.383 e. The monoisotopic (exact) mass is 411 g/mol. The number of nitrogens with one attached hydrogen (secondary N) is 3. The minimum Gasteiger partial charge on any atom is -0.383 e. The van der Waals surface area contributed by atoms with Crippen molar-refractivity contribution in [3.63, 3.8) is 0 Å². The average molecular weight is 411 g/mol. The lowest BCUT2D eigenvalue weighted by molar-refractivity contribution is -0.127. The molecular weight excluding hydrogens is 386 g/mol. The summed E-state index contributed by atoms with van der Waals surface area (Å²) in [5, 5.41) is 18.7. The first-order valence-corrected chi connectivity index (χ1v) is 9.83. The maximum Gasteiger partial charge on any atom is 0.246 e. The molecule has 0 aromatic carbocycles. The summed E-state index contributed by atoms with van der Waals surface area (Å²) in [6.07, 6.45) is 8.49. The van der Waals surface area contributed by atoms with Gasteiger partial charge in [0.15, 0.2) is 5.65 Å². The first-order valence-electron chi connectivity index (χ1n) is 9.83. The standard InChI is InChI=1S/C19H25N9O2/c1-3-16(29)27-6-4-5-13(11-27)22-17-15-10-20-26-18(15)25-19(24-17)23-14-9-21-28(12-14)7-8-30-2/h3,9-10,12-13H,1,4-8,11H2,2H3,(H3,20,22,23,24,25,26). The van der Waals surface area contributed by atoms with E-state index in [0.717, 1.165) is 30.5 Å². The molecule has 0 aliphatic carbocycles. The Morgan fingerprint density at radius 3 is 3.17 bits per heavy atom. The van der Waals surface area contributed by atoms with Gasteiger partial charge in [-0.3, -0.25) is 14.6 Å². The number of hydrogen-bond acceptors (Lipinski definition) is 8. The van der Waals surface area contributed by atoms with Crippen LogP contribution in [0.25, 0.3) is 11.0 Å². The molecule has 1 aliphatic heterocycles. The molecule has 11 nitrogen and oxygen atoms in total. The molecule has 158 valence electrons. The Morgan fingerprint density at radius 2 is 2.33 bits per heavy atom. The highest BCUT2D eigenvalue weighted by Gasteiger charge is 2.23. The van der Waals surface area contributed by atoms with Crippen molar-refractivity contribution in [1.82, 2.24) is 34.8 Å². The molecule has 1 amide bonds. The molecule has 0 spiro atoms. The third kappa shape index (κ3) is 4.40. The molecule has 1 unspecified atom stereocenters. The van der Waals surface area contributed by atoms with Crippen LogP contribution >= 0.6 is 0 Å². The molecule has 11 heteroatoms. The molecule has 0 bridgehead atoms. The van der Waals surface area contributed by atoms with Crippen molar-refractivity contribution >= 4 is 34.4 Å². The van der Waals surface area contributed by atoms with Crippen molar-refractivity contribution in [2.24, 2.45) is 0 Å². The fourth-order valence-corrected chi connectivity index (χ4v) is 3.48. The molecule has 30 heavy (non-hydrogen) atoms. The minimum absolute atomic E-state index is 0.0505. The highest BCUT2D eigenvalue weighted by molar-refractivity contribution is 5.88. The Hall–Kier alpha value is -3.47. The van der Waals surface area contributed by atoms with E-state index in [-0.39, 0.29) is 11.9 Å². The number of methoxy groups -OCH3 is 1. The van der Waals surface area contributed by atoms with E-state index in [9.17, 15) is 4.79 Å². The molecule has 0 saturated carbocycles. The first-order chi connectivity index (χ1) is 14.7. The SMILES string of the molecule is C=CC(=O)N1CCCC(Nc2nc(Nc3cnn(CCOC)c3)nc3[nH]ncc23)C1. The predicted molar refractivity (Wildman–Crippen MR) is 112 cm³/mol. The quantitative estimate of drug-likeness (QED) is 0.477. The van der Waals surface area contributed by atoms with Gasteiger partial charge in [0.2, 0.25) is 11.9 Å². The summed E-state index contributed by atoms with van der Waals surface area (Å²) in [5.41, 5.74) is 1.40. The number of H-pyrrole nitrogens is 1. The van der Waals surface area contributed by atoms with E-state index < -0.39 is 0 Å². The number of piperidine rings is 1. The van der Waals surface area contributed by atoms with Crippen LogP contribution in [0.3, 0.4) is 0 Å². The summed E-state index contributed by atoms with van der Waals surface area (Å²) < 4.78 is 6.86. The second-order valence-corrected chi connectivity index (χ2v) is 7.11. The predicted octanol–water partition coefficient (Wildman–Crippen LogP) is 1.53. The zero-order chi connectivity index (χ0) is 20.9. The summed E-state index contributed by atoms with van der Waals surface area (Å²) in [6, 6.07) is 0.0836. The fraction of sp³-hybridized carbons (Fsp3) is 0.421. The van der Waals surface area contributed by atoms with E-state index >= 15 is 0 Å². The second kappa shape index (κ2) is 8.91. The van der Waals surface area contributed by atoms with E-state index in [1.54, 1.807) is 29.1 Å². The van der Waals surface area contributed by atoms with Crippen molar-refractivity contribution in [2.45, 2.75) is 25.4 Å². The highest BCUT2D eigenvalue weighted by atomic mass is 16.5. The number of anilines is 3. The number of rotatable bonds is 8. The van der Waals surface area contributed by atoms with Crippen molar-refractivity contribution < 1.29 is 9.53 Å². The van der Waals surface area contributed by atoms with E-state index in [4.69, 9.17) is 4.74 Å². The number of carbonyl (C=O) groups is 1. The van der Waals surface area contributed by atoms with Crippen LogP contribution in [0.2, 0.25) is 0 Å². The van der Waals surface area contributed by atoms with Gasteiger partial charge in [-0.15, -0.1) is 0 Å². The molecule has 1 atom stereocenters. The Morgan fingerprint density at radius 1 is 1.43 bits per heavy atom. The van der Waals surface area contributed by atoms with Gasteiger partial charge >= 0.3 is 0 Å². The number of hydrogen-bond donors (Lipinski definition) is 3. The number of nitrogens with zero attached hydrogens (tertiary/aromatic N) is 6. The van der Waals surface area contributed by atoms with Gasteiger partial charge in [-0.2, -0.15) is 20.2 Å². The van der Waals surface area contributed by atoms with Gasteiger partial charge in [-0.25, -0.2) is 0 Å². The van der Waals surface area contributed by atoms with Crippen molar-refractivity contribution in [3.8, 4) is 0 Å². The summed E-state index contributed by atoms with van der Waals surface area (Å²) in [6.45, 7) is 6.17. The van der Waals surface area contributed by atoms with Gasteiger partial charge in [-0.1, -0.05) is 6.58 Å². The topological polar surface area (TPSA) is 126 Å². The maximum atomic E-state index is 12.0. The van der Waals surface area contributed by atoms with Gasteiger partial charge in [0.1, 0.15) is 5.82 Å². The van der Waals surface area contributed by atoms with Crippen LogP contribution in [0.1, 0.15) is 12.8 Å². The van der Waals surface area contributed by atoms with Crippen LogP contribution in [0.15, 0.2) is 31.2 Å². The number of aromatic amines is 1. The smallest absolute Gasteiger partial charge is 0.246 e. The Labute approximate surface area is 173 Å². The summed E-state index contributed by atoms with van der Waals surface area (Å²) in [7, 11) is 1.66. The van der Waals surface area contributed by atoms with Gasteiger partial charge < -0.3 is 20.3 Å². The van der Waals surface area contributed by atoms with Gasteiger partial charge in [-0.05, 0) is 18.9 Å². The maximum absolute atomic E-state index is 12.0. The number of aromatic nitrogens is 6. The van der Waals surface area contributed by atoms with Crippen LogP contribution < -0.4 is 10.6 Å². The zero-order valence-corrected chi connectivity index (χ0v) is 16.8. The van der Waals surface area contributed by atoms with E-state index in [1.165, 1.54) is 6.08 Å². The molecule has 1 saturated heterocycles. The lowest BCUT2D eigenvalue weighted by Gasteiger charge is -2.32. The average Bonchev–Trinajstić information content (AvgIpc) is 3.41. The Bertz CT molecular complexity index is 1030. The fourth-order valence-electron chi connectivity index (χ4n) is 3.48. The zero-order valence-electron chi connectivity index (χ0n) is 16.8. The lowest BCUT2D eigenvalue weighted by atomic mass is 10.1. The molecule has 3 aromatic heterocycles. The van der Waals surface area contributed by atoms with E-state index in [2.05, 4.69) is 42.5 Å². The van der Waals surface area contributed by atoms with Gasteiger partial charge in [0.05, 0.1) is 36.6 Å². The summed E-state index contributed by atoms with van der Waals surface area (Å²) in [5.74, 6) is 1.04. The highest BCUT2D eigenvalue weighted by Crippen LogP contribution is 2.24. The second-order valence-electron chi connectivity index (χ2n) is 7.11. The molecule has 4 heterocycles. The first kappa shape index (κ1) is 19.8. The third-order valence-corrected chi connectivity index (χ3v) is 4.97. The van der Waals surface area contributed by atoms with Gasteiger partial charge in [0, 0.05) is 32.4 Å². The van der Waals surface area contributed by atoms with Crippen LogP contribution in [0.5, 0.6) is 0 Å². The molecule has 1 aliphatic rings. The molecule has 3 N–H and O–H groups in total. The molecular formula is C19H25N9O2. The van der Waals surface area contributed by atoms with Gasteiger partial charge in [0.25, 0.3) is 0 Å². The Balaban J connectivity index is 1.52. The van der Waals surface area contributed by atoms with Crippen LogP contribution in [-0.2, 0) is 16.1 Å². The summed E-state index contributed by atoms with van der Waals surface area (Å²) >= 11 is 0. The van der Waals surface area contributed by atoms with Crippen LogP contribution in [0, 0.1) is 0 Å². The number of fused-ring (bicyclic) bond motifs is 1. The molecule has 1 fully saturated rings.